The summed E-state index contributed by atoms with van der Waals surface area (Å²) in [5.74, 6) is 0. The molecule has 0 aromatic rings. The molecule has 4 nitrogen and oxygen atoms in total. The van der Waals surface area contributed by atoms with Gasteiger partial charge in [0.2, 0.25) is 0 Å². The second-order valence-corrected chi connectivity index (χ2v) is 5.58. The average Bonchev–Trinajstić information content (AvgIpc) is 2.63. The molecular weight excluding hydrogens is 242 g/mol. The number of rotatable bonds is 6. The lowest BCUT2D eigenvalue weighted by atomic mass is 10.1. The maximum atomic E-state index is 14.0. The molecule has 1 fully saturated rings. The molecule has 0 N–H and O–H groups in total. The number of hydroxylamine groups is 2. The van der Waals surface area contributed by atoms with Gasteiger partial charge < -0.3 is 4.84 Å². The van der Waals surface area contributed by atoms with Crippen LogP contribution in [0.2, 0.25) is 0 Å². The monoisotopic (exact) mass is 264 g/mol. The van der Waals surface area contributed by atoms with Crippen molar-refractivity contribution in [2.24, 2.45) is 0 Å². The number of likely N-dealkylation sites (tertiary alicyclic amines) is 1. The molecule has 6 heteroatoms. The number of nitrogens with zero attached hydrogens (tertiary/aromatic N) is 2. The van der Waals surface area contributed by atoms with E-state index in [-0.39, 0.29) is 6.54 Å². The van der Waals surface area contributed by atoms with Gasteiger partial charge in [-0.15, -0.1) is 5.06 Å². The van der Waals surface area contributed by atoms with Gasteiger partial charge in [0.25, 0.3) is 0 Å². The van der Waals surface area contributed by atoms with Crippen LogP contribution in [0.5, 0.6) is 0 Å². The summed E-state index contributed by atoms with van der Waals surface area (Å²) in [6, 6.07) is -0.491. The molecule has 0 amide bonds. The average molecular weight is 264 g/mol. The minimum absolute atomic E-state index is 0.263. The predicted octanol–water partition coefficient (Wildman–Crippen LogP) is 1.56. The van der Waals surface area contributed by atoms with Gasteiger partial charge >= 0.3 is 6.47 Å². The van der Waals surface area contributed by atoms with E-state index in [2.05, 4.69) is 0 Å². The molecule has 1 saturated heterocycles. The summed E-state index contributed by atoms with van der Waals surface area (Å²) in [6.07, 6.45) is -0.687. The Morgan fingerprint density at radius 3 is 2.61 bits per heavy atom. The number of alkyl halides is 2. The first-order valence-corrected chi connectivity index (χ1v) is 6.22. The fourth-order valence-electron chi connectivity index (χ4n) is 2.29. The van der Waals surface area contributed by atoms with Crippen LogP contribution in [0.1, 0.15) is 27.2 Å². The van der Waals surface area contributed by atoms with Crippen molar-refractivity contribution in [2.45, 2.75) is 44.9 Å². The van der Waals surface area contributed by atoms with Gasteiger partial charge in [-0.05, 0) is 27.2 Å². The number of halogens is 2. The minimum atomic E-state index is -1.09. The van der Waals surface area contributed by atoms with E-state index in [9.17, 15) is 13.6 Å². The van der Waals surface area contributed by atoms with E-state index in [1.165, 1.54) is 5.06 Å². The second-order valence-electron chi connectivity index (χ2n) is 5.58. The Morgan fingerprint density at radius 1 is 1.44 bits per heavy atom. The molecule has 0 aliphatic carbocycles. The van der Waals surface area contributed by atoms with Gasteiger partial charge in [0.05, 0.1) is 12.7 Å². The van der Waals surface area contributed by atoms with E-state index in [0.29, 0.717) is 26.0 Å². The van der Waals surface area contributed by atoms with E-state index in [1.807, 2.05) is 25.7 Å². The molecule has 0 aromatic heterocycles. The Bertz CT molecular complexity index is 271. The van der Waals surface area contributed by atoms with Gasteiger partial charge in [-0.25, -0.2) is 4.39 Å². The van der Waals surface area contributed by atoms with E-state index in [1.54, 1.807) is 0 Å². The van der Waals surface area contributed by atoms with Gasteiger partial charge in [-0.3, -0.25) is 14.1 Å². The Balaban J connectivity index is 2.65. The Morgan fingerprint density at radius 2 is 2.11 bits per heavy atom. The zero-order valence-electron chi connectivity index (χ0n) is 11.2. The first-order chi connectivity index (χ1) is 8.40. The standard InChI is InChI=1S/C12H22F2N2O2/c1-12(2,3)16(18-9-17)11-8-15(6-4-5-13)7-10(11)14/h9-11H,4-8H2,1-3H3/t10-,11-/m1/s1. The third-order valence-electron chi connectivity index (χ3n) is 3.02. The highest BCUT2D eigenvalue weighted by molar-refractivity contribution is 5.36. The van der Waals surface area contributed by atoms with Crippen LogP contribution in [0.25, 0.3) is 0 Å². The highest BCUT2D eigenvalue weighted by Gasteiger charge is 2.42. The van der Waals surface area contributed by atoms with Gasteiger partial charge in [-0.1, -0.05) is 0 Å². The van der Waals surface area contributed by atoms with Gasteiger partial charge in [0, 0.05) is 25.2 Å². The molecule has 18 heavy (non-hydrogen) atoms. The van der Waals surface area contributed by atoms with Crippen LogP contribution in [0.3, 0.4) is 0 Å². The lowest BCUT2D eigenvalue weighted by Gasteiger charge is -2.37. The molecule has 0 unspecified atom stereocenters. The van der Waals surface area contributed by atoms with Gasteiger partial charge in [0.1, 0.15) is 6.17 Å². The molecule has 0 bridgehead atoms. The lowest BCUT2D eigenvalue weighted by Crippen LogP contribution is -2.51. The molecule has 106 valence electrons. The Hall–Kier alpha value is -0.750. The summed E-state index contributed by atoms with van der Waals surface area (Å²) in [5, 5.41) is 1.40. The highest BCUT2D eigenvalue weighted by atomic mass is 19.1. The van der Waals surface area contributed by atoms with Crippen molar-refractivity contribution in [3.05, 3.63) is 0 Å². The molecule has 0 saturated carbocycles. The number of carbonyl (C=O) groups excluding carboxylic acids is 1. The smallest absolute Gasteiger partial charge is 0.313 e. The highest BCUT2D eigenvalue weighted by Crippen LogP contribution is 2.26. The predicted molar refractivity (Wildman–Crippen MR) is 64.5 cm³/mol. The van der Waals surface area contributed by atoms with E-state index < -0.39 is 24.4 Å². The second kappa shape index (κ2) is 6.43. The molecule has 1 rings (SSSR count). The summed E-state index contributed by atoms with van der Waals surface area (Å²) in [7, 11) is 0. The largest absolute Gasteiger partial charge is 0.370 e. The van der Waals surface area contributed by atoms with E-state index in [4.69, 9.17) is 4.84 Å². The van der Waals surface area contributed by atoms with Crippen molar-refractivity contribution in [3.8, 4) is 0 Å². The SMILES string of the molecule is CC(C)(C)N(OC=O)[C@@H]1CN(CCCF)C[C@H]1F. The van der Waals surface area contributed by atoms with Crippen LogP contribution in [-0.4, -0.2) is 60.5 Å². The molecule has 1 aliphatic heterocycles. The maximum Gasteiger partial charge on any atom is 0.313 e. The molecular formula is C12H22F2N2O2. The maximum absolute atomic E-state index is 14.0. The lowest BCUT2D eigenvalue weighted by molar-refractivity contribution is -0.220. The Kier molecular flexibility index (Phi) is 5.47. The number of hydrogen-bond acceptors (Lipinski definition) is 4. The van der Waals surface area contributed by atoms with Crippen LogP contribution in [0, 0.1) is 0 Å². The fourth-order valence-corrected chi connectivity index (χ4v) is 2.29. The zero-order chi connectivity index (χ0) is 13.8. The van der Waals surface area contributed by atoms with Crippen LogP contribution in [0.4, 0.5) is 8.78 Å². The van der Waals surface area contributed by atoms with Crippen LogP contribution in [0.15, 0.2) is 0 Å². The number of hydrogen-bond donors (Lipinski definition) is 0. The van der Waals surface area contributed by atoms with Gasteiger partial charge in [0.15, 0.2) is 0 Å². The van der Waals surface area contributed by atoms with Crippen LogP contribution >= 0.6 is 0 Å². The summed E-state index contributed by atoms with van der Waals surface area (Å²) in [4.78, 5) is 17.3. The normalized spacial score (nSPS) is 25.7. The third-order valence-corrected chi connectivity index (χ3v) is 3.02. The first-order valence-electron chi connectivity index (χ1n) is 6.22. The molecule has 2 atom stereocenters. The van der Waals surface area contributed by atoms with Crippen molar-refractivity contribution < 1.29 is 18.4 Å². The molecule has 1 aliphatic rings. The Labute approximate surface area is 107 Å². The summed E-state index contributed by atoms with van der Waals surface area (Å²) in [5.41, 5.74) is -0.466. The van der Waals surface area contributed by atoms with E-state index in [0.717, 1.165) is 0 Å². The third kappa shape index (κ3) is 3.88. The van der Waals surface area contributed by atoms with Crippen molar-refractivity contribution in [2.75, 3.05) is 26.3 Å². The number of carbonyl (C=O) groups is 1. The summed E-state index contributed by atoms with van der Waals surface area (Å²) >= 11 is 0. The summed E-state index contributed by atoms with van der Waals surface area (Å²) in [6.45, 7) is 6.74. The van der Waals surface area contributed by atoms with Crippen molar-refractivity contribution >= 4 is 6.47 Å². The molecule has 1 heterocycles. The van der Waals surface area contributed by atoms with E-state index >= 15 is 0 Å². The zero-order valence-corrected chi connectivity index (χ0v) is 11.2. The van der Waals surface area contributed by atoms with Crippen LogP contribution < -0.4 is 0 Å². The molecule has 0 spiro atoms. The van der Waals surface area contributed by atoms with Crippen molar-refractivity contribution in [3.63, 3.8) is 0 Å². The van der Waals surface area contributed by atoms with Crippen molar-refractivity contribution in [1.29, 1.82) is 0 Å². The summed E-state index contributed by atoms with van der Waals surface area (Å²) < 4.78 is 26.1. The molecule has 0 radical (unpaired) electrons. The van der Waals surface area contributed by atoms with Crippen LogP contribution in [-0.2, 0) is 9.63 Å². The quantitative estimate of drug-likeness (QED) is 0.538. The first kappa shape index (κ1) is 15.3. The molecule has 0 aromatic carbocycles. The minimum Gasteiger partial charge on any atom is -0.370 e. The van der Waals surface area contributed by atoms with Crippen molar-refractivity contribution in [1.82, 2.24) is 9.96 Å². The topological polar surface area (TPSA) is 32.8 Å². The fraction of sp³-hybridized carbons (Fsp3) is 0.917. The van der Waals surface area contributed by atoms with Gasteiger partial charge in [-0.2, -0.15) is 0 Å².